The molecule has 1 unspecified atom stereocenters. The molecule has 0 saturated carbocycles. The fourth-order valence-electron chi connectivity index (χ4n) is 2.11. The summed E-state index contributed by atoms with van der Waals surface area (Å²) in [5.41, 5.74) is 0.324. The minimum absolute atomic E-state index is 0.0429. The third-order valence-electron chi connectivity index (χ3n) is 3.24. The average Bonchev–Trinajstić information content (AvgIpc) is 2.56. The first-order chi connectivity index (χ1) is 11.9. The third kappa shape index (κ3) is 4.94. The molecule has 2 rings (SSSR count). The quantitative estimate of drug-likeness (QED) is 0.609. The normalized spacial score (nSPS) is 11.7. The number of nitro benzene ring substituents is 1. The minimum Gasteiger partial charge on any atom is -0.489 e. The van der Waals surface area contributed by atoms with Crippen molar-refractivity contribution in [3.05, 3.63) is 58.6 Å². The molecule has 0 spiro atoms. The van der Waals surface area contributed by atoms with Crippen molar-refractivity contribution in [1.29, 1.82) is 0 Å². The number of benzene rings is 2. The van der Waals surface area contributed by atoms with Crippen LogP contribution in [0.5, 0.6) is 11.5 Å². The molecule has 7 nitrogen and oxygen atoms in total. The van der Waals surface area contributed by atoms with E-state index in [2.05, 4.69) is 5.32 Å². The summed E-state index contributed by atoms with van der Waals surface area (Å²) in [6, 6.07) is 13.0. The Balaban J connectivity index is 2.10. The Morgan fingerprint density at radius 2 is 1.60 bits per heavy atom. The number of nitrogens with zero attached hydrogens (tertiary/aromatic N) is 1. The Hall–Kier alpha value is -3.09. The van der Waals surface area contributed by atoms with E-state index in [0.29, 0.717) is 11.4 Å². The van der Waals surface area contributed by atoms with Gasteiger partial charge in [0.15, 0.2) is 11.9 Å². The van der Waals surface area contributed by atoms with Gasteiger partial charge >= 0.3 is 5.69 Å². The molecule has 0 aliphatic carbocycles. The van der Waals surface area contributed by atoms with Crippen LogP contribution in [0.15, 0.2) is 48.5 Å². The van der Waals surface area contributed by atoms with Gasteiger partial charge in [0.2, 0.25) is 0 Å². The van der Waals surface area contributed by atoms with E-state index < -0.39 is 16.9 Å². The number of carbonyl (C=O) groups is 1. The van der Waals surface area contributed by atoms with E-state index in [9.17, 15) is 14.9 Å². The van der Waals surface area contributed by atoms with E-state index in [1.54, 1.807) is 30.3 Å². The summed E-state index contributed by atoms with van der Waals surface area (Å²) in [6.45, 7) is 5.30. The van der Waals surface area contributed by atoms with Crippen LogP contribution in [0.4, 0.5) is 11.4 Å². The molecular weight excluding hydrogens is 324 g/mol. The first-order valence-corrected chi connectivity index (χ1v) is 7.85. The highest BCUT2D eigenvalue weighted by Crippen LogP contribution is 2.28. The maximum atomic E-state index is 12.4. The number of amides is 1. The van der Waals surface area contributed by atoms with Crippen LogP contribution in [0, 0.1) is 10.1 Å². The molecule has 0 fully saturated rings. The molecule has 2 aromatic carbocycles. The zero-order chi connectivity index (χ0) is 18.4. The van der Waals surface area contributed by atoms with Crippen molar-refractivity contribution in [2.75, 3.05) is 5.32 Å². The zero-order valence-corrected chi connectivity index (χ0v) is 14.3. The van der Waals surface area contributed by atoms with Crippen molar-refractivity contribution in [2.24, 2.45) is 0 Å². The van der Waals surface area contributed by atoms with Crippen molar-refractivity contribution in [3.8, 4) is 11.5 Å². The summed E-state index contributed by atoms with van der Waals surface area (Å²) in [4.78, 5) is 22.8. The molecular formula is C18H20N2O5. The number of hydrogen-bond donors (Lipinski definition) is 1. The van der Waals surface area contributed by atoms with Gasteiger partial charge in [0, 0.05) is 6.07 Å². The molecule has 0 aliphatic heterocycles. The van der Waals surface area contributed by atoms with E-state index in [4.69, 9.17) is 9.47 Å². The number of hydrogen-bond acceptors (Lipinski definition) is 5. The highest BCUT2D eigenvalue weighted by molar-refractivity contribution is 5.95. The lowest BCUT2D eigenvalue weighted by Gasteiger charge is -2.17. The number of para-hydroxylation sites is 4. The van der Waals surface area contributed by atoms with Crippen LogP contribution in [0.2, 0.25) is 0 Å². The van der Waals surface area contributed by atoms with Crippen LogP contribution in [0.1, 0.15) is 20.8 Å². The molecule has 0 saturated heterocycles. The second kappa shape index (κ2) is 8.14. The molecule has 0 aliphatic rings. The molecule has 0 aromatic heterocycles. The van der Waals surface area contributed by atoms with Crippen LogP contribution in [-0.2, 0) is 4.79 Å². The maximum absolute atomic E-state index is 12.4. The molecule has 25 heavy (non-hydrogen) atoms. The second-order valence-corrected chi connectivity index (χ2v) is 5.64. The summed E-state index contributed by atoms with van der Waals surface area (Å²) in [5.74, 6) is 0.156. The lowest BCUT2D eigenvalue weighted by atomic mass is 10.2. The zero-order valence-electron chi connectivity index (χ0n) is 14.3. The number of nitrogens with one attached hydrogen (secondary N) is 1. The Bertz CT molecular complexity index is 761. The van der Waals surface area contributed by atoms with Gasteiger partial charge in [-0.25, -0.2) is 0 Å². The monoisotopic (exact) mass is 344 g/mol. The fraction of sp³-hybridized carbons (Fsp3) is 0.278. The summed E-state index contributed by atoms with van der Waals surface area (Å²) in [5, 5.41) is 13.7. The molecule has 0 radical (unpaired) electrons. The van der Waals surface area contributed by atoms with Crippen LogP contribution >= 0.6 is 0 Å². The smallest absolute Gasteiger partial charge is 0.310 e. The van der Waals surface area contributed by atoms with E-state index in [1.807, 2.05) is 13.8 Å². The highest BCUT2D eigenvalue weighted by atomic mass is 16.6. The Morgan fingerprint density at radius 3 is 2.24 bits per heavy atom. The summed E-state index contributed by atoms with van der Waals surface area (Å²) >= 11 is 0. The standard InChI is InChI=1S/C18H20N2O5/c1-12(2)24-16-10-6-4-8-14(16)19-18(21)13(3)25-17-11-7-5-9-15(17)20(22)23/h4-13H,1-3H3,(H,19,21). The molecule has 0 bridgehead atoms. The van der Waals surface area contributed by atoms with Gasteiger partial charge in [-0.3, -0.25) is 14.9 Å². The summed E-state index contributed by atoms with van der Waals surface area (Å²) in [6.07, 6.45) is -0.966. The van der Waals surface area contributed by atoms with E-state index >= 15 is 0 Å². The fourth-order valence-corrected chi connectivity index (χ4v) is 2.11. The van der Waals surface area contributed by atoms with Gasteiger partial charge in [-0.2, -0.15) is 0 Å². The van der Waals surface area contributed by atoms with Crippen molar-refractivity contribution >= 4 is 17.3 Å². The van der Waals surface area contributed by atoms with Crippen LogP contribution < -0.4 is 14.8 Å². The summed E-state index contributed by atoms with van der Waals surface area (Å²) < 4.78 is 11.1. The molecule has 7 heteroatoms. The van der Waals surface area contributed by atoms with Gasteiger partial charge in [0.05, 0.1) is 16.7 Å². The van der Waals surface area contributed by atoms with Crippen molar-refractivity contribution in [1.82, 2.24) is 0 Å². The topological polar surface area (TPSA) is 90.7 Å². The minimum atomic E-state index is -0.923. The van der Waals surface area contributed by atoms with Crippen molar-refractivity contribution in [3.63, 3.8) is 0 Å². The number of carbonyl (C=O) groups excluding carboxylic acids is 1. The summed E-state index contributed by atoms with van der Waals surface area (Å²) in [7, 11) is 0. The van der Waals surface area contributed by atoms with E-state index in [-0.39, 0.29) is 17.5 Å². The number of rotatable bonds is 7. The van der Waals surface area contributed by atoms with Crippen LogP contribution in [-0.4, -0.2) is 23.0 Å². The maximum Gasteiger partial charge on any atom is 0.310 e. The van der Waals surface area contributed by atoms with Crippen molar-refractivity contribution in [2.45, 2.75) is 33.0 Å². The number of anilines is 1. The molecule has 132 valence electrons. The number of nitro groups is 1. The van der Waals surface area contributed by atoms with Crippen molar-refractivity contribution < 1.29 is 19.2 Å². The Labute approximate surface area is 145 Å². The molecule has 1 amide bonds. The van der Waals surface area contributed by atoms with Crippen LogP contribution in [0.25, 0.3) is 0 Å². The van der Waals surface area contributed by atoms with E-state index in [1.165, 1.54) is 25.1 Å². The number of ether oxygens (including phenoxy) is 2. The van der Waals surface area contributed by atoms with E-state index in [0.717, 1.165) is 0 Å². The Kier molecular flexibility index (Phi) is 5.94. The van der Waals surface area contributed by atoms with Gasteiger partial charge < -0.3 is 14.8 Å². The predicted molar refractivity (Wildman–Crippen MR) is 94.0 cm³/mol. The predicted octanol–water partition coefficient (Wildman–Crippen LogP) is 3.79. The molecule has 0 heterocycles. The lowest BCUT2D eigenvalue weighted by Crippen LogP contribution is -2.30. The van der Waals surface area contributed by atoms with Gasteiger partial charge in [0.25, 0.3) is 5.91 Å². The third-order valence-corrected chi connectivity index (χ3v) is 3.24. The van der Waals surface area contributed by atoms with Gasteiger partial charge in [-0.15, -0.1) is 0 Å². The Morgan fingerprint density at radius 1 is 1.00 bits per heavy atom. The largest absolute Gasteiger partial charge is 0.489 e. The van der Waals surface area contributed by atoms with Gasteiger partial charge in [-0.05, 0) is 39.0 Å². The SMILES string of the molecule is CC(C)Oc1ccccc1NC(=O)C(C)Oc1ccccc1[N+](=O)[O-]. The lowest BCUT2D eigenvalue weighted by molar-refractivity contribution is -0.386. The molecule has 1 N–H and O–H groups in total. The first-order valence-electron chi connectivity index (χ1n) is 7.85. The molecule has 2 aromatic rings. The first kappa shape index (κ1) is 18.3. The highest BCUT2D eigenvalue weighted by Gasteiger charge is 2.21. The van der Waals surface area contributed by atoms with Gasteiger partial charge in [0.1, 0.15) is 5.75 Å². The second-order valence-electron chi connectivity index (χ2n) is 5.64. The average molecular weight is 344 g/mol. The van der Waals surface area contributed by atoms with Gasteiger partial charge in [-0.1, -0.05) is 24.3 Å². The van der Waals surface area contributed by atoms with Crippen LogP contribution in [0.3, 0.4) is 0 Å². The molecule has 1 atom stereocenters.